The fraction of sp³-hybridized carbons (Fsp3) is 0.682. The van der Waals surface area contributed by atoms with E-state index >= 15 is 0 Å². The lowest BCUT2D eigenvalue weighted by Crippen LogP contribution is -2.49. The first-order chi connectivity index (χ1) is 13.2. The number of benzene rings is 1. The van der Waals surface area contributed by atoms with Gasteiger partial charge in [-0.3, -0.25) is 4.99 Å². The largest absolute Gasteiger partial charge is 0.381 e. The quantitative estimate of drug-likeness (QED) is 0.625. The van der Waals surface area contributed by atoms with E-state index in [0.29, 0.717) is 0 Å². The van der Waals surface area contributed by atoms with Crippen LogP contribution in [-0.4, -0.2) is 50.8 Å². The number of aliphatic imine (C=N–C) groups is 1. The fourth-order valence-corrected chi connectivity index (χ4v) is 5.50. The molecule has 2 aliphatic heterocycles. The number of hydrogen-bond acceptors (Lipinski definition) is 2. The second kappa shape index (κ2) is 8.40. The zero-order valence-electron chi connectivity index (χ0n) is 16.4. The third kappa shape index (κ3) is 4.12. The number of hydrogen-bond donors (Lipinski definition) is 1. The summed E-state index contributed by atoms with van der Waals surface area (Å²) in [7, 11) is 1.92. The molecule has 0 aromatic heterocycles. The standard InChI is InChI=1S/C22H32ClN3O/c1-24-21(26-14-17-5-2-3-6-18(17)15-26)25-16-22(9-11-27-12-10-22)19-7-4-8-20(23)13-19/h4,7-8,13,17-18H,2-3,5-6,9-12,14-16H2,1H3,(H,24,25). The van der Waals surface area contributed by atoms with Gasteiger partial charge in [0, 0.05) is 50.3 Å². The van der Waals surface area contributed by atoms with Crippen molar-refractivity contribution in [3.63, 3.8) is 0 Å². The maximum Gasteiger partial charge on any atom is 0.193 e. The van der Waals surface area contributed by atoms with Gasteiger partial charge in [0.2, 0.25) is 0 Å². The molecule has 2 heterocycles. The van der Waals surface area contributed by atoms with Crippen LogP contribution < -0.4 is 5.32 Å². The lowest BCUT2D eigenvalue weighted by molar-refractivity contribution is 0.0512. The number of rotatable bonds is 3. The summed E-state index contributed by atoms with van der Waals surface area (Å²) in [6.45, 7) is 4.83. The second-order valence-electron chi connectivity index (χ2n) is 8.51. The molecule has 5 heteroatoms. The number of guanidine groups is 1. The van der Waals surface area contributed by atoms with Gasteiger partial charge >= 0.3 is 0 Å². The van der Waals surface area contributed by atoms with Gasteiger partial charge in [0.15, 0.2) is 5.96 Å². The van der Waals surface area contributed by atoms with E-state index in [4.69, 9.17) is 16.3 Å². The van der Waals surface area contributed by atoms with E-state index in [1.807, 2.05) is 13.1 Å². The van der Waals surface area contributed by atoms with Crippen molar-refractivity contribution in [1.29, 1.82) is 0 Å². The lowest BCUT2D eigenvalue weighted by atomic mass is 9.74. The van der Waals surface area contributed by atoms with E-state index in [9.17, 15) is 0 Å². The number of fused-ring (bicyclic) bond motifs is 1. The molecule has 0 amide bonds. The molecular formula is C22H32ClN3O. The van der Waals surface area contributed by atoms with Crippen molar-refractivity contribution in [3.05, 3.63) is 34.9 Å². The average molecular weight is 390 g/mol. The molecule has 3 fully saturated rings. The van der Waals surface area contributed by atoms with E-state index in [1.165, 1.54) is 31.2 Å². The molecule has 1 aliphatic carbocycles. The van der Waals surface area contributed by atoms with Crippen LogP contribution in [0.15, 0.2) is 29.3 Å². The van der Waals surface area contributed by atoms with Crippen molar-refractivity contribution in [2.45, 2.75) is 43.9 Å². The molecule has 0 spiro atoms. The lowest BCUT2D eigenvalue weighted by Gasteiger charge is -2.39. The maximum absolute atomic E-state index is 6.31. The number of nitrogens with one attached hydrogen (secondary N) is 1. The maximum atomic E-state index is 6.31. The highest BCUT2D eigenvalue weighted by Gasteiger charge is 2.38. The zero-order chi connectivity index (χ0) is 18.7. The predicted molar refractivity (Wildman–Crippen MR) is 112 cm³/mol. The second-order valence-corrected chi connectivity index (χ2v) is 8.95. The molecule has 2 saturated heterocycles. The summed E-state index contributed by atoms with van der Waals surface area (Å²) in [5, 5.41) is 4.54. The number of ether oxygens (including phenoxy) is 1. The first-order valence-electron chi connectivity index (χ1n) is 10.5. The van der Waals surface area contributed by atoms with E-state index in [2.05, 4.69) is 33.4 Å². The van der Waals surface area contributed by atoms with Gasteiger partial charge in [0.05, 0.1) is 0 Å². The molecule has 2 unspecified atom stereocenters. The molecular weight excluding hydrogens is 358 g/mol. The molecule has 1 aromatic rings. The SMILES string of the molecule is CN=C(NCC1(c2cccc(Cl)c2)CCOCC1)N1CC2CCCCC2C1. The van der Waals surface area contributed by atoms with Crippen LogP contribution in [0.25, 0.3) is 0 Å². The minimum atomic E-state index is 0.0611. The molecule has 27 heavy (non-hydrogen) atoms. The van der Waals surface area contributed by atoms with Crippen LogP contribution in [-0.2, 0) is 10.2 Å². The number of nitrogens with zero attached hydrogens (tertiary/aromatic N) is 2. The summed E-state index contributed by atoms with van der Waals surface area (Å²) in [6.07, 6.45) is 7.62. The van der Waals surface area contributed by atoms with Crippen LogP contribution in [0.1, 0.15) is 44.1 Å². The van der Waals surface area contributed by atoms with Gasteiger partial charge in [0.25, 0.3) is 0 Å². The third-order valence-electron chi connectivity index (χ3n) is 6.96. The van der Waals surface area contributed by atoms with Crippen molar-refractivity contribution in [1.82, 2.24) is 10.2 Å². The van der Waals surface area contributed by atoms with Crippen LogP contribution in [0, 0.1) is 11.8 Å². The minimum Gasteiger partial charge on any atom is -0.381 e. The van der Waals surface area contributed by atoms with Gasteiger partial charge in [-0.25, -0.2) is 0 Å². The highest BCUT2D eigenvalue weighted by molar-refractivity contribution is 6.30. The normalized spacial score (nSPS) is 28.1. The summed E-state index contributed by atoms with van der Waals surface area (Å²) in [5.74, 6) is 2.79. The molecule has 148 valence electrons. The number of likely N-dealkylation sites (tertiary alicyclic amines) is 1. The van der Waals surface area contributed by atoms with Gasteiger partial charge in [-0.05, 0) is 55.2 Å². The van der Waals surface area contributed by atoms with Crippen molar-refractivity contribution in [3.8, 4) is 0 Å². The number of halogens is 1. The monoisotopic (exact) mass is 389 g/mol. The molecule has 2 atom stereocenters. The van der Waals surface area contributed by atoms with Gasteiger partial charge in [-0.15, -0.1) is 0 Å². The molecule has 3 aliphatic rings. The third-order valence-corrected chi connectivity index (χ3v) is 7.19. The molecule has 1 N–H and O–H groups in total. The minimum absolute atomic E-state index is 0.0611. The first kappa shape index (κ1) is 19.1. The van der Waals surface area contributed by atoms with E-state index in [1.54, 1.807) is 0 Å². The van der Waals surface area contributed by atoms with Gasteiger partial charge in [-0.2, -0.15) is 0 Å². The van der Waals surface area contributed by atoms with E-state index in [-0.39, 0.29) is 5.41 Å². The Morgan fingerprint density at radius 1 is 1.22 bits per heavy atom. The van der Waals surface area contributed by atoms with Crippen LogP contribution >= 0.6 is 11.6 Å². The van der Waals surface area contributed by atoms with Gasteiger partial charge in [0.1, 0.15) is 0 Å². The highest BCUT2D eigenvalue weighted by atomic mass is 35.5. The topological polar surface area (TPSA) is 36.9 Å². The van der Waals surface area contributed by atoms with E-state index < -0.39 is 0 Å². The summed E-state index contributed by atoms with van der Waals surface area (Å²) in [4.78, 5) is 7.12. The Bertz CT molecular complexity index is 657. The predicted octanol–water partition coefficient (Wildman–Crippen LogP) is 4.09. The summed E-state index contributed by atoms with van der Waals surface area (Å²) < 4.78 is 5.67. The Balaban J connectivity index is 1.47. The van der Waals surface area contributed by atoms with Crippen LogP contribution in [0.3, 0.4) is 0 Å². The smallest absolute Gasteiger partial charge is 0.193 e. The van der Waals surface area contributed by atoms with Crippen molar-refractivity contribution >= 4 is 17.6 Å². The molecule has 1 saturated carbocycles. The molecule has 4 nitrogen and oxygen atoms in total. The highest BCUT2D eigenvalue weighted by Crippen LogP contribution is 2.37. The summed E-state index contributed by atoms with van der Waals surface area (Å²) in [6, 6.07) is 8.36. The molecule has 1 aromatic carbocycles. The average Bonchev–Trinajstić information content (AvgIpc) is 3.13. The van der Waals surface area contributed by atoms with Crippen LogP contribution in [0.5, 0.6) is 0 Å². The fourth-order valence-electron chi connectivity index (χ4n) is 5.31. The Kier molecular flexibility index (Phi) is 5.93. The summed E-state index contributed by atoms with van der Waals surface area (Å²) >= 11 is 6.31. The Labute approximate surface area is 168 Å². The van der Waals surface area contributed by atoms with Crippen LogP contribution in [0.2, 0.25) is 5.02 Å². The zero-order valence-corrected chi connectivity index (χ0v) is 17.2. The van der Waals surface area contributed by atoms with Crippen LogP contribution in [0.4, 0.5) is 0 Å². The summed E-state index contributed by atoms with van der Waals surface area (Å²) in [5.41, 5.74) is 1.38. The van der Waals surface area contributed by atoms with Gasteiger partial charge in [-0.1, -0.05) is 36.6 Å². The van der Waals surface area contributed by atoms with Crippen molar-refractivity contribution in [2.24, 2.45) is 16.8 Å². The Morgan fingerprint density at radius 3 is 2.56 bits per heavy atom. The van der Waals surface area contributed by atoms with Gasteiger partial charge < -0.3 is 15.0 Å². The molecule has 4 rings (SSSR count). The first-order valence-corrected chi connectivity index (χ1v) is 10.9. The Morgan fingerprint density at radius 2 is 1.93 bits per heavy atom. The van der Waals surface area contributed by atoms with E-state index in [0.717, 1.165) is 68.5 Å². The molecule has 0 radical (unpaired) electrons. The van der Waals surface area contributed by atoms with Crippen molar-refractivity contribution < 1.29 is 4.74 Å². The van der Waals surface area contributed by atoms with Crippen molar-refractivity contribution in [2.75, 3.05) is 39.9 Å². The Hall–Kier alpha value is -1.26. The molecule has 0 bridgehead atoms.